The first-order chi connectivity index (χ1) is 10.5. The van der Waals surface area contributed by atoms with Gasteiger partial charge in [-0.3, -0.25) is 4.79 Å². The Morgan fingerprint density at radius 1 is 1.32 bits per heavy atom. The van der Waals surface area contributed by atoms with Crippen LogP contribution in [0.25, 0.3) is 0 Å². The molecule has 0 saturated heterocycles. The molecule has 0 fully saturated rings. The number of hydrogen-bond donors (Lipinski definition) is 2. The highest BCUT2D eigenvalue weighted by molar-refractivity contribution is 5.93. The molecule has 0 aliphatic rings. The smallest absolute Gasteiger partial charge is 0.362 e. The SMILES string of the molecule is CCc1ccc(NC(=O)Cn2nnc(C(=O)OC)c2N)cc1. The summed E-state index contributed by atoms with van der Waals surface area (Å²) < 4.78 is 5.66. The van der Waals surface area contributed by atoms with Gasteiger partial charge in [0.2, 0.25) is 11.6 Å². The number of anilines is 2. The van der Waals surface area contributed by atoms with Crippen LogP contribution in [0, 0.1) is 0 Å². The van der Waals surface area contributed by atoms with Crippen molar-refractivity contribution >= 4 is 23.4 Å². The zero-order valence-electron chi connectivity index (χ0n) is 12.4. The second-order valence-corrected chi connectivity index (χ2v) is 4.57. The Morgan fingerprint density at radius 3 is 2.59 bits per heavy atom. The summed E-state index contributed by atoms with van der Waals surface area (Å²) in [7, 11) is 1.22. The van der Waals surface area contributed by atoms with Gasteiger partial charge >= 0.3 is 5.97 Å². The fraction of sp³-hybridized carbons (Fsp3) is 0.286. The Kier molecular flexibility index (Phi) is 4.72. The van der Waals surface area contributed by atoms with E-state index in [9.17, 15) is 9.59 Å². The molecule has 0 spiro atoms. The molecule has 1 amide bonds. The summed E-state index contributed by atoms with van der Waals surface area (Å²) in [4.78, 5) is 23.3. The maximum Gasteiger partial charge on any atom is 0.362 e. The van der Waals surface area contributed by atoms with Crippen molar-refractivity contribution in [3.05, 3.63) is 35.5 Å². The van der Waals surface area contributed by atoms with E-state index in [-0.39, 0.29) is 24.0 Å². The molecule has 0 aliphatic heterocycles. The van der Waals surface area contributed by atoms with Gasteiger partial charge in [0.25, 0.3) is 0 Å². The van der Waals surface area contributed by atoms with Crippen LogP contribution in [0.3, 0.4) is 0 Å². The summed E-state index contributed by atoms with van der Waals surface area (Å²) in [5.74, 6) is -1.03. The van der Waals surface area contributed by atoms with Crippen molar-refractivity contribution in [2.24, 2.45) is 0 Å². The number of rotatable bonds is 5. The monoisotopic (exact) mass is 303 g/mol. The molecule has 1 heterocycles. The van der Waals surface area contributed by atoms with Gasteiger partial charge in [-0.25, -0.2) is 9.48 Å². The van der Waals surface area contributed by atoms with Crippen LogP contribution < -0.4 is 11.1 Å². The highest BCUT2D eigenvalue weighted by atomic mass is 16.5. The van der Waals surface area contributed by atoms with Crippen molar-refractivity contribution in [3.8, 4) is 0 Å². The van der Waals surface area contributed by atoms with E-state index in [0.29, 0.717) is 5.69 Å². The first-order valence-corrected chi connectivity index (χ1v) is 6.71. The number of nitrogens with two attached hydrogens (primary N) is 1. The van der Waals surface area contributed by atoms with E-state index in [4.69, 9.17) is 5.73 Å². The highest BCUT2D eigenvalue weighted by Crippen LogP contribution is 2.12. The summed E-state index contributed by atoms with van der Waals surface area (Å²) in [6, 6.07) is 7.52. The van der Waals surface area contributed by atoms with Crippen LogP contribution >= 0.6 is 0 Å². The topological polar surface area (TPSA) is 112 Å². The Hall–Kier alpha value is -2.90. The predicted octanol–water partition coefficient (Wildman–Crippen LogP) is 0.848. The average Bonchev–Trinajstić information content (AvgIpc) is 2.88. The standard InChI is InChI=1S/C14H17N5O3/c1-3-9-4-6-10(7-5-9)16-11(20)8-19-13(15)12(17-18-19)14(21)22-2/h4-7H,3,8,15H2,1-2H3,(H,16,20). The van der Waals surface area contributed by atoms with Crippen LogP contribution in [0.1, 0.15) is 23.0 Å². The third-order valence-corrected chi connectivity index (χ3v) is 3.09. The number of methoxy groups -OCH3 is 1. The normalized spacial score (nSPS) is 10.3. The zero-order valence-corrected chi connectivity index (χ0v) is 12.4. The van der Waals surface area contributed by atoms with Gasteiger partial charge in [0, 0.05) is 5.69 Å². The molecule has 116 valence electrons. The van der Waals surface area contributed by atoms with Gasteiger partial charge in [0.05, 0.1) is 7.11 Å². The van der Waals surface area contributed by atoms with E-state index in [1.165, 1.54) is 12.7 Å². The van der Waals surface area contributed by atoms with Crippen molar-refractivity contribution < 1.29 is 14.3 Å². The Balaban J connectivity index is 2.02. The number of carbonyl (C=O) groups is 2. The number of nitrogens with zero attached hydrogens (tertiary/aromatic N) is 3. The number of hydrogen-bond acceptors (Lipinski definition) is 6. The molecule has 2 aromatic rings. The third-order valence-electron chi connectivity index (χ3n) is 3.09. The van der Waals surface area contributed by atoms with Gasteiger partial charge in [-0.15, -0.1) is 5.10 Å². The van der Waals surface area contributed by atoms with Crippen molar-refractivity contribution in [1.82, 2.24) is 15.0 Å². The maximum atomic E-state index is 12.0. The lowest BCUT2D eigenvalue weighted by Crippen LogP contribution is -2.21. The van der Waals surface area contributed by atoms with Crippen molar-refractivity contribution in [2.45, 2.75) is 19.9 Å². The summed E-state index contributed by atoms with van der Waals surface area (Å²) >= 11 is 0. The van der Waals surface area contributed by atoms with E-state index in [2.05, 4.69) is 27.3 Å². The molecule has 0 aliphatic carbocycles. The number of aryl methyl sites for hydroxylation is 1. The summed E-state index contributed by atoms with van der Waals surface area (Å²) in [6.45, 7) is 1.91. The molecule has 3 N–H and O–H groups in total. The molecule has 0 bridgehead atoms. The highest BCUT2D eigenvalue weighted by Gasteiger charge is 2.19. The second kappa shape index (κ2) is 6.70. The number of amides is 1. The van der Waals surface area contributed by atoms with Crippen LogP contribution in [-0.4, -0.2) is 34.0 Å². The molecule has 2 rings (SSSR count). The van der Waals surface area contributed by atoms with Gasteiger partial charge in [-0.2, -0.15) is 0 Å². The molecule has 0 radical (unpaired) electrons. The van der Waals surface area contributed by atoms with E-state index < -0.39 is 5.97 Å². The van der Waals surface area contributed by atoms with E-state index in [0.717, 1.165) is 11.1 Å². The number of nitrogens with one attached hydrogen (secondary N) is 1. The molecular weight excluding hydrogens is 286 g/mol. The molecule has 0 atom stereocenters. The minimum Gasteiger partial charge on any atom is -0.464 e. The Labute approximate surface area is 127 Å². The molecule has 0 unspecified atom stereocenters. The lowest BCUT2D eigenvalue weighted by molar-refractivity contribution is -0.116. The molecule has 8 nitrogen and oxygen atoms in total. The number of aromatic nitrogens is 3. The molecule has 1 aromatic heterocycles. The molecule has 0 saturated carbocycles. The van der Waals surface area contributed by atoms with Crippen molar-refractivity contribution in [3.63, 3.8) is 0 Å². The number of carbonyl (C=O) groups excluding carboxylic acids is 2. The van der Waals surface area contributed by atoms with Crippen LogP contribution in [0.4, 0.5) is 11.5 Å². The van der Waals surface area contributed by atoms with Gasteiger partial charge in [0.15, 0.2) is 5.82 Å². The molecular formula is C14H17N5O3. The Bertz CT molecular complexity index is 678. The van der Waals surface area contributed by atoms with E-state index in [1.54, 1.807) is 0 Å². The first kappa shape index (κ1) is 15.5. The zero-order chi connectivity index (χ0) is 16.1. The summed E-state index contributed by atoms with van der Waals surface area (Å²) in [5, 5.41) is 10.00. The first-order valence-electron chi connectivity index (χ1n) is 6.71. The molecule has 22 heavy (non-hydrogen) atoms. The van der Waals surface area contributed by atoms with Crippen LogP contribution in [0.2, 0.25) is 0 Å². The lowest BCUT2D eigenvalue weighted by Gasteiger charge is -2.06. The minimum atomic E-state index is -0.695. The average molecular weight is 303 g/mol. The maximum absolute atomic E-state index is 12.0. The van der Waals surface area contributed by atoms with Crippen LogP contribution in [-0.2, 0) is 22.5 Å². The number of nitrogen functional groups attached to an aromatic ring is 1. The second-order valence-electron chi connectivity index (χ2n) is 4.57. The van der Waals surface area contributed by atoms with Crippen molar-refractivity contribution in [1.29, 1.82) is 0 Å². The van der Waals surface area contributed by atoms with Gasteiger partial charge in [-0.05, 0) is 24.1 Å². The predicted molar refractivity (Wildman–Crippen MR) is 80.2 cm³/mol. The van der Waals surface area contributed by atoms with E-state index in [1.807, 2.05) is 24.3 Å². The van der Waals surface area contributed by atoms with Gasteiger partial charge in [0.1, 0.15) is 6.54 Å². The molecule has 1 aromatic carbocycles. The minimum absolute atomic E-state index is 0.0108. The number of benzene rings is 1. The summed E-state index contributed by atoms with van der Waals surface area (Å²) in [6.07, 6.45) is 0.931. The van der Waals surface area contributed by atoms with Gasteiger partial charge in [-0.1, -0.05) is 24.3 Å². The van der Waals surface area contributed by atoms with Crippen LogP contribution in [0.5, 0.6) is 0 Å². The quantitative estimate of drug-likeness (QED) is 0.792. The lowest BCUT2D eigenvalue weighted by atomic mass is 10.1. The van der Waals surface area contributed by atoms with Crippen molar-refractivity contribution in [2.75, 3.05) is 18.2 Å². The molecule has 8 heteroatoms. The fourth-order valence-electron chi connectivity index (χ4n) is 1.84. The number of ether oxygens (including phenoxy) is 1. The van der Waals surface area contributed by atoms with Crippen LogP contribution in [0.15, 0.2) is 24.3 Å². The Morgan fingerprint density at radius 2 is 2.00 bits per heavy atom. The summed E-state index contributed by atoms with van der Waals surface area (Å²) in [5.41, 5.74) is 7.46. The van der Waals surface area contributed by atoms with E-state index >= 15 is 0 Å². The largest absolute Gasteiger partial charge is 0.464 e. The fourth-order valence-corrected chi connectivity index (χ4v) is 1.84. The van der Waals surface area contributed by atoms with Gasteiger partial charge < -0.3 is 15.8 Å². The third kappa shape index (κ3) is 3.40. The number of esters is 1.